The van der Waals surface area contributed by atoms with Gasteiger partial charge < -0.3 is 9.64 Å². The van der Waals surface area contributed by atoms with Crippen molar-refractivity contribution in [1.82, 2.24) is 0 Å². The van der Waals surface area contributed by atoms with Crippen molar-refractivity contribution in [2.24, 2.45) is 0 Å². The number of carbonyl (C=O) groups is 2. The number of carbonyl (C=O) groups excluding carboxylic acids is 2. The van der Waals surface area contributed by atoms with E-state index in [2.05, 4.69) is 4.90 Å². The SMILES string of the molecule is CC(=O)c1ccc(Cl)cc1.CC(=O)c1ccc(N2CCOCC2)cc1. The third-order valence-electron chi connectivity index (χ3n) is 3.90. The van der Waals surface area contributed by atoms with Crippen LogP contribution >= 0.6 is 11.6 Å². The minimum Gasteiger partial charge on any atom is -0.378 e. The summed E-state index contributed by atoms with van der Waals surface area (Å²) in [7, 11) is 0. The summed E-state index contributed by atoms with van der Waals surface area (Å²) in [6.45, 7) is 6.55. The molecule has 0 spiro atoms. The molecule has 0 saturated carbocycles. The Balaban J connectivity index is 0.000000196. The van der Waals surface area contributed by atoms with Crippen LogP contribution in [0.3, 0.4) is 0 Å². The average molecular weight is 360 g/mol. The van der Waals surface area contributed by atoms with E-state index < -0.39 is 0 Å². The zero-order valence-corrected chi connectivity index (χ0v) is 15.3. The summed E-state index contributed by atoms with van der Waals surface area (Å²) >= 11 is 5.61. The van der Waals surface area contributed by atoms with E-state index >= 15 is 0 Å². The third kappa shape index (κ3) is 6.00. The maximum Gasteiger partial charge on any atom is 0.159 e. The van der Waals surface area contributed by atoms with Gasteiger partial charge >= 0.3 is 0 Å². The fourth-order valence-electron chi connectivity index (χ4n) is 2.41. The molecule has 0 bridgehead atoms. The van der Waals surface area contributed by atoms with Crippen molar-refractivity contribution >= 4 is 28.9 Å². The van der Waals surface area contributed by atoms with Crippen LogP contribution in [0.1, 0.15) is 34.6 Å². The minimum atomic E-state index is 0.0664. The van der Waals surface area contributed by atoms with Crippen LogP contribution in [-0.2, 0) is 4.74 Å². The molecule has 0 radical (unpaired) electrons. The Hall–Kier alpha value is -2.17. The molecular formula is C20H22ClNO3. The molecule has 25 heavy (non-hydrogen) atoms. The Bertz CT molecular complexity index is 705. The number of halogens is 1. The first-order valence-corrected chi connectivity index (χ1v) is 8.55. The topological polar surface area (TPSA) is 46.6 Å². The van der Waals surface area contributed by atoms with Crippen molar-refractivity contribution < 1.29 is 14.3 Å². The molecule has 0 aliphatic carbocycles. The van der Waals surface area contributed by atoms with Gasteiger partial charge in [-0.3, -0.25) is 9.59 Å². The standard InChI is InChI=1S/C12H15NO2.C8H7ClO/c1-10(14)11-2-4-12(5-3-11)13-6-8-15-9-7-13;1-6(10)7-2-4-8(9)5-3-7/h2-5H,6-9H2,1H3;2-5H,1H3. The number of nitrogens with zero attached hydrogens (tertiary/aromatic N) is 1. The van der Waals surface area contributed by atoms with Crippen molar-refractivity contribution in [3.63, 3.8) is 0 Å². The third-order valence-corrected chi connectivity index (χ3v) is 4.15. The maximum atomic E-state index is 11.1. The number of morpholine rings is 1. The van der Waals surface area contributed by atoms with E-state index in [9.17, 15) is 9.59 Å². The van der Waals surface area contributed by atoms with Crippen LogP contribution in [0, 0.1) is 0 Å². The fourth-order valence-corrected chi connectivity index (χ4v) is 2.54. The predicted molar refractivity (Wildman–Crippen MR) is 101 cm³/mol. The van der Waals surface area contributed by atoms with Crippen LogP contribution in [0.4, 0.5) is 5.69 Å². The molecule has 132 valence electrons. The molecule has 2 aromatic rings. The number of rotatable bonds is 3. The Morgan fingerprint density at radius 1 is 0.840 bits per heavy atom. The summed E-state index contributed by atoms with van der Waals surface area (Å²) in [5.74, 6) is 0.181. The zero-order chi connectivity index (χ0) is 18.2. The van der Waals surface area contributed by atoms with Crippen LogP contribution < -0.4 is 4.90 Å². The zero-order valence-electron chi connectivity index (χ0n) is 14.5. The van der Waals surface area contributed by atoms with Gasteiger partial charge in [-0.1, -0.05) is 11.6 Å². The molecule has 1 aliphatic heterocycles. The van der Waals surface area contributed by atoms with Crippen molar-refractivity contribution in [3.05, 3.63) is 64.7 Å². The Labute approximate surface area is 153 Å². The quantitative estimate of drug-likeness (QED) is 0.768. The van der Waals surface area contributed by atoms with Crippen molar-refractivity contribution in [2.75, 3.05) is 31.2 Å². The van der Waals surface area contributed by atoms with Crippen molar-refractivity contribution in [1.29, 1.82) is 0 Å². The molecule has 5 heteroatoms. The highest BCUT2D eigenvalue weighted by Crippen LogP contribution is 2.16. The number of ketones is 2. The second kappa shape index (κ2) is 9.35. The van der Waals surface area contributed by atoms with Gasteiger partial charge in [-0.25, -0.2) is 0 Å². The van der Waals surface area contributed by atoms with E-state index in [1.165, 1.54) is 12.6 Å². The highest BCUT2D eigenvalue weighted by atomic mass is 35.5. The second-order valence-corrected chi connectivity index (χ2v) is 6.20. The van der Waals surface area contributed by atoms with Crippen LogP contribution in [0.2, 0.25) is 5.02 Å². The van der Waals surface area contributed by atoms with Crippen LogP contribution in [0.5, 0.6) is 0 Å². The summed E-state index contributed by atoms with van der Waals surface area (Å²) in [5.41, 5.74) is 2.64. The average Bonchev–Trinajstić information content (AvgIpc) is 2.63. The van der Waals surface area contributed by atoms with Crippen molar-refractivity contribution in [2.45, 2.75) is 13.8 Å². The first kappa shape index (κ1) is 19.2. The maximum absolute atomic E-state index is 11.1. The molecule has 1 aliphatic rings. The van der Waals surface area contributed by atoms with E-state index in [1.54, 1.807) is 31.2 Å². The molecule has 3 rings (SSSR count). The van der Waals surface area contributed by atoms with Gasteiger partial charge in [0.2, 0.25) is 0 Å². The van der Waals surface area contributed by atoms with E-state index in [-0.39, 0.29) is 11.6 Å². The normalized spacial score (nSPS) is 13.6. The van der Waals surface area contributed by atoms with Gasteiger partial charge in [0, 0.05) is 34.9 Å². The summed E-state index contributed by atoms with van der Waals surface area (Å²) < 4.78 is 5.29. The summed E-state index contributed by atoms with van der Waals surface area (Å²) in [6.07, 6.45) is 0. The first-order valence-electron chi connectivity index (χ1n) is 8.17. The monoisotopic (exact) mass is 359 g/mol. The molecule has 1 saturated heterocycles. The molecule has 0 N–H and O–H groups in total. The van der Waals surface area contributed by atoms with Gasteiger partial charge in [-0.05, 0) is 62.4 Å². The molecule has 4 nitrogen and oxygen atoms in total. The first-order chi connectivity index (χ1) is 12.0. The van der Waals surface area contributed by atoms with Crippen LogP contribution in [0.25, 0.3) is 0 Å². The number of anilines is 1. The molecule has 0 atom stereocenters. The minimum absolute atomic E-state index is 0.0664. The molecule has 1 fully saturated rings. The Kier molecular flexibility index (Phi) is 7.16. The lowest BCUT2D eigenvalue weighted by Gasteiger charge is -2.28. The van der Waals surface area contributed by atoms with E-state index in [0.29, 0.717) is 10.6 Å². The molecule has 1 heterocycles. The second-order valence-electron chi connectivity index (χ2n) is 5.77. The Morgan fingerprint density at radius 2 is 1.28 bits per heavy atom. The number of Topliss-reactive ketones (excluding diaryl/α,β-unsaturated/α-hetero) is 2. The van der Waals surface area contributed by atoms with Crippen molar-refractivity contribution in [3.8, 4) is 0 Å². The summed E-state index contributed by atoms with van der Waals surface area (Å²) in [4.78, 5) is 24.1. The molecule has 0 unspecified atom stereocenters. The molecule has 2 aromatic carbocycles. The lowest BCUT2D eigenvalue weighted by molar-refractivity contribution is 0.100. The van der Waals surface area contributed by atoms with Gasteiger partial charge in [0.05, 0.1) is 13.2 Å². The number of hydrogen-bond acceptors (Lipinski definition) is 4. The molecular weight excluding hydrogens is 338 g/mol. The Morgan fingerprint density at radius 3 is 1.72 bits per heavy atom. The lowest BCUT2D eigenvalue weighted by Crippen LogP contribution is -2.36. The van der Waals surface area contributed by atoms with Crippen LogP contribution in [-0.4, -0.2) is 37.9 Å². The van der Waals surface area contributed by atoms with Gasteiger partial charge in [0.1, 0.15) is 0 Å². The fraction of sp³-hybridized carbons (Fsp3) is 0.300. The number of hydrogen-bond donors (Lipinski definition) is 0. The van der Waals surface area contributed by atoms with Gasteiger partial charge in [-0.2, -0.15) is 0 Å². The number of benzene rings is 2. The molecule has 0 amide bonds. The van der Waals surface area contributed by atoms with E-state index in [0.717, 1.165) is 31.9 Å². The van der Waals surface area contributed by atoms with Gasteiger partial charge in [0.25, 0.3) is 0 Å². The van der Waals surface area contributed by atoms with E-state index in [4.69, 9.17) is 16.3 Å². The highest BCUT2D eigenvalue weighted by molar-refractivity contribution is 6.30. The van der Waals surface area contributed by atoms with E-state index in [1.807, 2.05) is 24.3 Å². The van der Waals surface area contributed by atoms with Gasteiger partial charge in [-0.15, -0.1) is 0 Å². The molecule has 0 aromatic heterocycles. The summed E-state index contributed by atoms with van der Waals surface area (Å²) in [5, 5.41) is 0.657. The smallest absolute Gasteiger partial charge is 0.159 e. The number of ether oxygens (including phenoxy) is 1. The predicted octanol–water partition coefficient (Wildman–Crippen LogP) is 4.27. The lowest BCUT2D eigenvalue weighted by atomic mass is 10.1. The highest BCUT2D eigenvalue weighted by Gasteiger charge is 2.10. The van der Waals surface area contributed by atoms with Gasteiger partial charge in [0.15, 0.2) is 11.6 Å². The summed E-state index contributed by atoms with van der Waals surface area (Å²) in [6, 6.07) is 14.6. The van der Waals surface area contributed by atoms with Crippen LogP contribution in [0.15, 0.2) is 48.5 Å². The largest absolute Gasteiger partial charge is 0.378 e.